The van der Waals surface area contributed by atoms with E-state index in [-0.39, 0.29) is 0 Å². The number of rotatable bonds is 4. The Morgan fingerprint density at radius 2 is 1.59 bits per heavy atom. The first-order valence-corrected chi connectivity index (χ1v) is 11.4. The number of nitrogens with zero attached hydrogens (tertiary/aromatic N) is 3. The van der Waals surface area contributed by atoms with E-state index in [1.807, 2.05) is 0 Å². The molecule has 0 bridgehead atoms. The van der Waals surface area contributed by atoms with Crippen molar-refractivity contribution in [3.05, 3.63) is 66.4 Å². The minimum Gasteiger partial charge on any atom is -0.369 e. The smallest absolute Gasteiger partial charge is 0.0614 e. The van der Waals surface area contributed by atoms with Crippen LogP contribution >= 0.6 is 0 Å². The molecule has 1 atom stereocenters. The lowest BCUT2D eigenvalue weighted by atomic mass is 9.81. The lowest BCUT2D eigenvalue weighted by Crippen LogP contribution is -2.44. The second kappa shape index (κ2) is 8.23. The fourth-order valence-electron chi connectivity index (χ4n) is 5.40. The highest BCUT2D eigenvalue weighted by atomic mass is 15.2. The predicted molar refractivity (Wildman–Crippen MR) is 123 cm³/mol. The van der Waals surface area contributed by atoms with Crippen molar-refractivity contribution in [3.63, 3.8) is 0 Å². The number of aromatic nitrogens is 1. The summed E-state index contributed by atoms with van der Waals surface area (Å²) in [4.78, 5) is 4.97. The lowest BCUT2D eigenvalue weighted by Gasteiger charge is -2.35. The highest BCUT2D eigenvalue weighted by molar-refractivity contribution is 5.84. The average Bonchev–Trinajstić information content (AvgIpc) is 3.19. The van der Waals surface area contributed by atoms with Gasteiger partial charge in [0.2, 0.25) is 0 Å². The molecule has 0 N–H and O–H groups in total. The Hall–Kier alpha value is -2.26. The Balaban J connectivity index is 1.55. The van der Waals surface area contributed by atoms with Gasteiger partial charge in [0, 0.05) is 38.1 Å². The van der Waals surface area contributed by atoms with Gasteiger partial charge in [-0.2, -0.15) is 0 Å². The lowest BCUT2D eigenvalue weighted by molar-refractivity contribution is 0.283. The maximum absolute atomic E-state index is 2.58. The molecule has 1 saturated heterocycles. The van der Waals surface area contributed by atoms with Crippen LogP contribution in [-0.4, -0.2) is 42.7 Å². The molecule has 3 nitrogen and oxygen atoms in total. The maximum atomic E-state index is 2.58. The van der Waals surface area contributed by atoms with Gasteiger partial charge >= 0.3 is 0 Å². The monoisotopic (exact) mass is 387 g/mol. The molecule has 1 aliphatic heterocycles. The first-order chi connectivity index (χ1) is 14.3. The summed E-state index contributed by atoms with van der Waals surface area (Å²) in [7, 11) is 2.22. The summed E-state index contributed by atoms with van der Waals surface area (Å²) >= 11 is 0. The number of likely N-dealkylation sites (N-methyl/N-ethyl adjacent to an activating group) is 1. The molecule has 3 aromatic rings. The van der Waals surface area contributed by atoms with E-state index >= 15 is 0 Å². The molecule has 152 valence electrons. The van der Waals surface area contributed by atoms with Crippen LogP contribution in [0.2, 0.25) is 0 Å². The van der Waals surface area contributed by atoms with E-state index in [0.717, 1.165) is 32.1 Å². The van der Waals surface area contributed by atoms with Gasteiger partial charge < -0.3 is 14.4 Å². The van der Waals surface area contributed by atoms with Crippen molar-refractivity contribution >= 4 is 16.6 Å². The van der Waals surface area contributed by atoms with Crippen LogP contribution in [0.15, 0.2) is 60.8 Å². The summed E-state index contributed by atoms with van der Waals surface area (Å²) in [6.45, 7) is 4.53. The molecule has 0 radical (unpaired) electrons. The minimum atomic E-state index is 0.441. The van der Waals surface area contributed by atoms with Gasteiger partial charge in [0.05, 0.1) is 11.6 Å². The first-order valence-electron chi connectivity index (χ1n) is 11.4. The van der Waals surface area contributed by atoms with Gasteiger partial charge in [-0.25, -0.2) is 0 Å². The zero-order valence-electron chi connectivity index (χ0n) is 17.6. The highest BCUT2D eigenvalue weighted by Crippen LogP contribution is 2.39. The third kappa shape index (κ3) is 3.81. The SMILES string of the molecule is CN1CCN(c2ccc3ccn(C(c4ccccc4)C4CCCCC4)c3c2)CC1. The van der Waals surface area contributed by atoms with E-state index in [1.54, 1.807) is 0 Å². The van der Waals surface area contributed by atoms with Crippen LogP contribution < -0.4 is 4.90 Å². The molecule has 2 fully saturated rings. The molecule has 29 heavy (non-hydrogen) atoms. The molecular formula is C26H33N3. The summed E-state index contributed by atoms with van der Waals surface area (Å²) in [6.07, 6.45) is 9.18. The fourth-order valence-corrected chi connectivity index (χ4v) is 5.40. The number of hydrogen-bond acceptors (Lipinski definition) is 2. The van der Waals surface area contributed by atoms with Crippen LogP contribution in [0.25, 0.3) is 10.9 Å². The number of fused-ring (bicyclic) bond motifs is 1. The predicted octanol–water partition coefficient (Wildman–Crippen LogP) is 5.56. The maximum Gasteiger partial charge on any atom is 0.0614 e. The van der Waals surface area contributed by atoms with E-state index < -0.39 is 0 Å². The van der Waals surface area contributed by atoms with Crippen LogP contribution in [0.5, 0.6) is 0 Å². The zero-order valence-corrected chi connectivity index (χ0v) is 17.6. The molecule has 2 aliphatic rings. The molecule has 2 aromatic carbocycles. The standard InChI is InChI=1S/C26H33N3/c1-27-16-18-28(19-17-27)24-13-12-21-14-15-29(25(21)20-24)26(22-8-4-2-5-9-22)23-10-6-3-7-11-23/h2,4-5,8-9,12-15,20,23,26H,3,6-7,10-11,16-19H2,1H3. The van der Waals surface area contributed by atoms with Gasteiger partial charge in [-0.15, -0.1) is 0 Å². The van der Waals surface area contributed by atoms with Crippen molar-refractivity contribution < 1.29 is 0 Å². The summed E-state index contributed by atoms with van der Waals surface area (Å²) in [5.41, 5.74) is 4.23. The van der Waals surface area contributed by atoms with E-state index in [9.17, 15) is 0 Å². The largest absolute Gasteiger partial charge is 0.369 e. The fraction of sp³-hybridized carbons (Fsp3) is 0.462. The Kier molecular flexibility index (Phi) is 5.32. The van der Waals surface area contributed by atoms with E-state index in [2.05, 4.69) is 82.2 Å². The number of anilines is 1. The van der Waals surface area contributed by atoms with Gasteiger partial charge in [0.15, 0.2) is 0 Å². The second-order valence-corrected chi connectivity index (χ2v) is 9.01. The van der Waals surface area contributed by atoms with Gasteiger partial charge in [-0.05, 0) is 55.0 Å². The Bertz CT molecular complexity index is 931. The minimum absolute atomic E-state index is 0.441. The number of hydrogen-bond donors (Lipinski definition) is 0. The Labute approximate surface area is 174 Å². The molecule has 1 aromatic heterocycles. The zero-order chi connectivity index (χ0) is 19.6. The Morgan fingerprint density at radius 3 is 2.34 bits per heavy atom. The molecule has 1 aliphatic carbocycles. The summed E-state index contributed by atoms with van der Waals surface area (Å²) in [6, 6.07) is 21.0. The molecule has 1 saturated carbocycles. The summed E-state index contributed by atoms with van der Waals surface area (Å²) < 4.78 is 2.58. The van der Waals surface area contributed by atoms with Crippen LogP contribution in [-0.2, 0) is 0 Å². The molecule has 1 unspecified atom stereocenters. The summed E-state index contributed by atoms with van der Waals surface area (Å²) in [5, 5.41) is 1.36. The second-order valence-electron chi connectivity index (χ2n) is 9.01. The number of piperazine rings is 1. The molecular weight excluding hydrogens is 354 g/mol. The van der Waals surface area contributed by atoms with Gasteiger partial charge in [-0.3, -0.25) is 0 Å². The van der Waals surface area contributed by atoms with Crippen molar-refractivity contribution in [2.24, 2.45) is 5.92 Å². The van der Waals surface area contributed by atoms with Crippen LogP contribution in [0.1, 0.15) is 43.7 Å². The van der Waals surface area contributed by atoms with Crippen molar-refractivity contribution in [3.8, 4) is 0 Å². The number of benzene rings is 2. The van der Waals surface area contributed by atoms with E-state index in [1.165, 1.54) is 54.3 Å². The van der Waals surface area contributed by atoms with Crippen molar-refractivity contribution in [2.75, 3.05) is 38.1 Å². The topological polar surface area (TPSA) is 11.4 Å². The first kappa shape index (κ1) is 18.7. The van der Waals surface area contributed by atoms with Crippen molar-refractivity contribution in [1.82, 2.24) is 9.47 Å². The normalized spacial score (nSPS) is 20.2. The third-order valence-electron chi connectivity index (χ3n) is 7.11. The van der Waals surface area contributed by atoms with Crippen LogP contribution in [0.3, 0.4) is 0 Å². The van der Waals surface area contributed by atoms with Gasteiger partial charge in [0.25, 0.3) is 0 Å². The van der Waals surface area contributed by atoms with Crippen molar-refractivity contribution in [1.29, 1.82) is 0 Å². The molecule has 3 heteroatoms. The highest BCUT2D eigenvalue weighted by Gasteiger charge is 2.27. The van der Waals surface area contributed by atoms with E-state index in [0.29, 0.717) is 6.04 Å². The quantitative estimate of drug-likeness (QED) is 0.580. The van der Waals surface area contributed by atoms with Crippen molar-refractivity contribution in [2.45, 2.75) is 38.1 Å². The van der Waals surface area contributed by atoms with Gasteiger partial charge in [-0.1, -0.05) is 55.7 Å². The van der Waals surface area contributed by atoms with E-state index in [4.69, 9.17) is 0 Å². The third-order valence-corrected chi connectivity index (χ3v) is 7.11. The molecule has 5 rings (SSSR count). The molecule has 0 spiro atoms. The summed E-state index contributed by atoms with van der Waals surface area (Å²) in [5.74, 6) is 0.731. The molecule has 2 heterocycles. The van der Waals surface area contributed by atoms with Crippen LogP contribution in [0, 0.1) is 5.92 Å². The van der Waals surface area contributed by atoms with Crippen LogP contribution in [0.4, 0.5) is 5.69 Å². The average molecular weight is 388 g/mol. The molecule has 0 amide bonds. The Morgan fingerprint density at radius 1 is 0.828 bits per heavy atom. The van der Waals surface area contributed by atoms with Gasteiger partial charge in [0.1, 0.15) is 0 Å².